The van der Waals surface area contributed by atoms with Crippen molar-refractivity contribution in [1.82, 2.24) is 0 Å². The second kappa shape index (κ2) is 4.82. The van der Waals surface area contributed by atoms with Crippen molar-refractivity contribution in [1.29, 1.82) is 0 Å². The van der Waals surface area contributed by atoms with Crippen LogP contribution in [0.5, 0.6) is 0 Å². The van der Waals surface area contributed by atoms with E-state index in [0.717, 1.165) is 44.9 Å². The van der Waals surface area contributed by atoms with E-state index in [1.807, 2.05) is 6.92 Å². The van der Waals surface area contributed by atoms with Gasteiger partial charge in [0.1, 0.15) is 5.78 Å². The summed E-state index contributed by atoms with van der Waals surface area (Å²) in [5.74, 6) is 2.37. The maximum absolute atomic E-state index is 11.9. The number of hydrogen-bond donors (Lipinski definition) is 2. The minimum atomic E-state index is -0.748. The van der Waals surface area contributed by atoms with E-state index in [0.29, 0.717) is 30.0 Å². The van der Waals surface area contributed by atoms with Crippen molar-refractivity contribution in [2.24, 2.45) is 34.5 Å². The highest BCUT2D eigenvalue weighted by Crippen LogP contribution is 2.67. The number of Topliss-reactive ketones (excluding diaryl/α,β-unsaturated/α-hetero) is 1. The molecule has 4 aliphatic carbocycles. The SMILES string of the molecule is C[C@]12CCC(=O)C[C@@H]1CC[C@H]1[C@@H]3[C@@H](O)C[C@](C)(O)[C@@]3(C)CC[C@@H]12. The third-order valence-electron chi connectivity index (χ3n) is 8.98. The molecule has 0 aliphatic heterocycles. The van der Waals surface area contributed by atoms with Gasteiger partial charge in [-0.1, -0.05) is 13.8 Å². The average Bonchev–Trinajstić information content (AvgIpc) is 2.65. The summed E-state index contributed by atoms with van der Waals surface area (Å²) in [5, 5.41) is 21.7. The predicted octanol–water partition coefficient (Wildman–Crippen LogP) is 3.32. The Balaban J connectivity index is 1.68. The zero-order valence-corrected chi connectivity index (χ0v) is 14.8. The van der Waals surface area contributed by atoms with Crippen LogP contribution in [0.25, 0.3) is 0 Å². The van der Waals surface area contributed by atoms with E-state index >= 15 is 0 Å². The number of hydrogen-bond acceptors (Lipinski definition) is 3. The summed E-state index contributed by atoms with van der Waals surface area (Å²) < 4.78 is 0. The van der Waals surface area contributed by atoms with Gasteiger partial charge < -0.3 is 10.2 Å². The van der Waals surface area contributed by atoms with Crippen molar-refractivity contribution < 1.29 is 15.0 Å². The first-order valence-corrected chi connectivity index (χ1v) is 9.61. The lowest BCUT2D eigenvalue weighted by atomic mass is 9.44. The Bertz CT molecular complexity index is 527. The monoisotopic (exact) mass is 320 g/mol. The molecule has 0 aromatic carbocycles. The van der Waals surface area contributed by atoms with Crippen LogP contribution in [0.2, 0.25) is 0 Å². The van der Waals surface area contributed by atoms with E-state index in [4.69, 9.17) is 0 Å². The molecular formula is C20H32O3. The van der Waals surface area contributed by atoms with Crippen LogP contribution in [0.3, 0.4) is 0 Å². The number of rotatable bonds is 0. The Kier molecular flexibility index (Phi) is 3.37. The summed E-state index contributed by atoms with van der Waals surface area (Å²) in [7, 11) is 0. The highest BCUT2D eigenvalue weighted by Gasteiger charge is 2.66. The van der Waals surface area contributed by atoms with Crippen LogP contribution in [0.4, 0.5) is 0 Å². The summed E-state index contributed by atoms with van der Waals surface area (Å²) in [6.45, 7) is 6.56. The minimum Gasteiger partial charge on any atom is -0.393 e. The van der Waals surface area contributed by atoms with Crippen molar-refractivity contribution in [2.75, 3.05) is 0 Å². The average molecular weight is 320 g/mol. The van der Waals surface area contributed by atoms with Crippen molar-refractivity contribution >= 4 is 5.78 Å². The molecule has 2 N–H and O–H groups in total. The Labute approximate surface area is 139 Å². The number of aliphatic hydroxyl groups excluding tert-OH is 1. The standard InChI is InChI=1S/C20H32O3/c1-18-8-6-13(21)10-12(18)4-5-14-15(18)7-9-19(2)17(14)16(22)11-20(19,3)23/h12,14-17,22-23H,4-11H2,1-3H3/t12-,14+,15-,16-,17+,18-,19-,20-/m0/s1. The number of ketones is 1. The molecule has 0 saturated heterocycles. The van der Waals surface area contributed by atoms with Gasteiger partial charge in [0.15, 0.2) is 0 Å². The van der Waals surface area contributed by atoms with Crippen molar-refractivity contribution in [3.05, 3.63) is 0 Å². The Morgan fingerprint density at radius 3 is 2.57 bits per heavy atom. The largest absolute Gasteiger partial charge is 0.393 e. The molecule has 0 aromatic heterocycles. The topological polar surface area (TPSA) is 57.5 Å². The van der Waals surface area contributed by atoms with Crippen LogP contribution in [0.15, 0.2) is 0 Å². The third-order valence-corrected chi connectivity index (χ3v) is 8.98. The summed E-state index contributed by atoms with van der Waals surface area (Å²) in [6, 6.07) is 0. The third kappa shape index (κ3) is 1.99. The highest BCUT2D eigenvalue weighted by atomic mass is 16.3. The molecule has 130 valence electrons. The predicted molar refractivity (Wildman–Crippen MR) is 88.7 cm³/mol. The molecule has 4 rings (SSSR count). The highest BCUT2D eigenvalue weighted by molar-refractivity contribution is 5.79. The van der Waals surface area contributed by atoms with Gasteiger partial charge >= 0.3 is 0 Å². The molecule has 8 atom stereocenters. The Morgan fingerprint density at radius 1 is 1.09 bits per heavy atom. The van der Waals surface area contributed by atoms with E-state index in [-0.39, 0.29) is 22.9 Å². The molecule has 0 amide bonds. The van der Waals surface area contributed by atoms with Gasteiger partial charge in [0.25, 0.3) is 0 Å². The normalized spacial score (nSPS) is 59.2. The van der Waals surface area contributed by atoms with E-state index in [9.17, 15) is 15.0 Å². The fraction of sp³-hybridized carbons (Fsp3) is 0.950. The molecule has 0 unspecified atom stereocenters. The molecular weight excluding hydrogens is 288 g/mol. The molecule has 0 bridgehead atoms. The van der Waals surface area contributed by atoms with Gasteiger partial charge in [0, 0.05) is 24.7 Å². The fourth-order valence-corrected chi connectivity index (χ4v) is 7.40. The van der Waals surface area contributed by atoms with E-state index < -0.39 is 5.60 Å². The van der Waals surface area contributed by atoms with Gasteiger partial charge in [-0.25, -0.2) is 0 Å². The molecule has 23 heavy (non-hydrogen) atoms. The Morgan fingerprint density at radius 2 is 1.83 bits per heavy atom. The zero-order chi connectivity index (χ0) is 16.6. The fourth-order valence-electron chi connectivity index (χ4n) is 7.40. The summed E-state index contributed by atoms with van der Waals surface area (Å²) in [4.78, 5) is 11.9. The lowest BCUT2D eigenvalue weighted by Crippen LogP contribution is -2.56. The van der Waals surface area contributed by atoms with Crippen LogP contribution in [0.1, 0.15) is 72.1 Å². The summed E-state index contributed by atoms with van der Waals surface area (Å²) in [6.07, 6.45) is 7.15. The summed E-state index contributed by atoms with van der Waals surface area (Å²) in [5.41, 5.74) is -0.629. The van der Waals surface area contributed by atoms with Crippen molar-refractivity contribution in [3.8, 4) is 0 Å². The maximum atomic E-state index is 11.9. The van der Waals surface area contributed by atoms with Gasteiger partial charge in [0.2, 0.25) is 0 Å². The van der Waals surface area contributed by atoms with Crippen molar-refractivity contribution in [3.63, 3.8) is 0 Å². The summed E-state index contributed by atoms with van der Waals surface area (Å²) >= 11 is 0. The number of carbonyl (C=O) groups is 1. The van der Waals surface area contributed by atoms with Crippen LogP contribution >= 0.6 is 0 Å². The lowest BCUT2D eigenvalue weighted by Gasteiger charge is -2.61. The van der Waals surface area contributed by atoms with Gasteiger partial charge in [-0.3, -0.25) is 4.79 Å². The Hall–Kier alpha value is -0.410. The molecule has 0 spiro atoms. The number of fused-ring (bicyclic) bond motifs is 5. The van der Waals surface area contributed by atoms with Gasteiger partial charge in [0.05, 0.1) is 11.7 Å². The second-order valence-corrected chi connectivity index (χ2v) is 9.82. The van der Waals surface area contributed by atoms with Crippen LogP contribution in [-0.4, -0.2) is 27.7 Å². The molecule has 4 saturated carbocycles. The molecule has 3 nitrogen and oxygen atoms in total. The van der Waals surface area contributed by atoms with Crippen LogP contribution in [-0.2, 0) is 4.79 Å². The van der Waals surface area contributed by atoms with Gasteiger partial charge in [-0.2, -0.15) is 0 Å². The minimum absolute atomic E-state index is 0.152. The molecule has 3 heteroatoms. The van der Waals surface area contributed by atoms with Gasteiger partial charge in [-0.05, 0) is 68.1 Å². The molecule has 4 aliphatic rings. The first-order chi connectivity index (χ1) is 10.7. The quantitative estimate of drug-likeness (QED) is 0.720. The molecule has 0 radical (unpaired) electrons. The first kappa shape index (κ1) is 16.1. The van der Waals surface area contributed by atoms with E-state index in [1.54, 1.807) is 0 Å². The van der Waals surface area contributed by atoms with E-state index in [1.165, 1.54) is 0 Å². The number of carbonyl (C=O) groups excluding carboxylic acids is 1. The first-order valence-electron chi connectivity index (χ1n) is 9.61. The second-order valence-electron chi connectivity index (χ2n) is 9.82. The maximum Gasteiger partial charge on any atom is 0.133 e. The lowest BCUT2D eigenvalue weighted by molar-refractivity contribution is -0.159. The molecule has 0 aromatic rings. The van der Waals surface area contributed by atoms with Gasteiger partial charge in [-0.15, -0.1) is 0 Å². The number of aliphatic hydroxyl groups is 2. The molecule has 4 fully saturated rings. The van der Waals surface area contributed by atoms with E-state index in [2.05, 4.69) is 13.8 Å². The van der Waals surface area contributed by atoms with Crippen LogP contribution < -0.4 is 0 Å². The van der Waals surface area contributed by atoms with Crippen molar-refractivity contribution in [2.45, 2.75) is 83.8 Å². The molecule has 0 heterocycles. The zero-order valence-electron chi connectivity index (χ0n) is 14.8. The smallest absolute Gasteiger partial charge is 0.133 e. The van der Waals surface area contributed by atoms with Crippen LogP contribution in [0, 0.1) is 34.5 Å².